The summed E-state index contributed by atoms with van der Waals surface area (Å²) in [5.74, 6) is -6.30. The van der Waals surface area contributed by atoms with Crippen LogP contribution in [0.2, 0.25) is 0 Å². The monoisotopic (exact) mass is 472 g/mol. The van der Waals surface area contributed by atoms with Gasteiger partial charge in [-0.25, -0.2) is 9.97 Å². The van der Waals surface area contributed by atoms with E-state index < -0.39 is 35.7 Å². The third kappa shape index (κ3) is 6.15. The fourth-order valence-electron chi connectivity index (χ4n) is 3.36. The minimum atomic E-state index is -1.50. The molecule has 1 heterocycles. The lowest BCUT2D eigenvalue weighted by molar-refractivity contribution is -0.158. The van der Waals surface area contributed by atoms with Crippen molar-refractivity contribution in [2.24, 2.45) is 0 Å². The zero-order chi connectivity index (χ0) is 25.1. The summed E-state index contributed by atoms with van der Waals surface area (Å²) in [6.07, 6.45) is 2.91. The number of hydrogen-bond acceptors (Lipinski definition) is 10. The lowest BCUT2D eigenvalue weighted by atomic mass is 9.85. The average molecular weight is 472 g/mol. The quantitative estimate of drug-likeness (QED) is 0.273. The minimum absolute atomic E-state index is 0.0277. The van der Waals surface area contributed by atoms with E-state index in [4.69, 9.17) is 18.9 Å². The maximum atomic E-state index is 12.9. The van der Waals surface area contributed by atoms with E-state index in [0.29, 0.717) is 0 Å². The van der Waals surface area contributed by atoms with Gasteiger partial charge in [0.1, 0.15) is 0 Å². The topological polar surface area (TPSA) is 131 Å². The molecule has 182 valence electrons. The molecule has 0 spiro atoms. The molecule has 2 rings (SSSR count). The van der Waals surface area contributed by atoms with Crippen LogP contribution in [0.5, 0.6) is 0 Å². The molecule has 0 unspecified atom stereocenters. The molecule has 0 saturated carbocycles. The molecule has 0 saturated heterocycles. The van der Waals surface area contributed by atoms with E-state index in [1.165, 1.54) is 30.6 Å². The number of esters is 4. The van der Waals surface area contributed by atoms with Crippen molar-refractivity contribution in [3.63, 3.8) is 0 Å². The molecular formula is C24H28N2O8. The van der Waals surface area contributed by atoms with Gasteiger partial charge in [0.15, 0.2) is 17.7 Å². The number of hydrogen-bond donors (Lipinski definition) is 0. The van der Waals surface area contributed by atoms with Gasteiger partial charge in [-0.1, -0.05) is 18.2 Å². The molecule has 0 atom stereocenters. The van der Waals surface area contributed by atoms with Gasteiger partial charge in [-0.3, -0.25) is 19.2 Å². The van der Waals surface area contributed by atoms with E-state index in [-0.39, 0.29) is 48.9 Å². The highest BCUT2D eigenvalue weighted by molar-refractivity contribution is 6.05. The molecule has 0 fully saturated rings. The van der Waals surface area contributed by atoms with Crippen LogP contribution >= 0.6 is 0 Å². The molecule has 10 heteroatoms. The van der Waals surface area contributed by atoms with Gasteiger partial charge in [0.2, 0.25) is 0 Å². The lowest BCUT2D eigenvalue weighted by Gasteiger charge is -2.22. The van der Waals surface area contributed by atoms with Crippen LogP contribution in [0.4, 0.5) is 0 Å². The molecule has 1 aromatic carbocycles. The van der Waals surface area contributed by atoms with Crippen LogP contribution in [0.15, 0.2) is 36.7 Å². The fourth-order valence-corrected chi connectivity index (χ4v) is 3.36. The molecule has 0 aliphatic rings. The Kier molecular flexibility index (Phi) is 10.1. The van der Waals surface area contributed by atoms with Gasteiger partial charge >= 0.3 is 23.9 Å². The summed E-state index contributed by atoms with van der Waals surface area (Å²) in [7, 11) is 0. The van der Waals surface area contributed by atoms with Gasteiger partial charge in [-0.15, -0.1) is 0 Å². The Morgan fingerprint density at radius 3 is 1.32 bits per heavy atom. The van der Waals surface area contributed by atoms with Crippen LogP contribution in [0, 0.1) is 0 Å². The smallest absolute Gasteiger partial charge is 0.324 e. The molecule has 0 bridgehead atoms. The predicted octanol–water partition coefficient (Wildman–Crippen LogP) is 2.56. The van der Waals surface area contributed by atoms with Crippen LogP contribution in [-0.2, 0) is 38.1 Å². The van der Waals surface area contributed by atoms with E-state index >= 15 is 0 Å². The first-order valence-corrected chi connectivity index (χ1v) is 11.0. The molecular weight excluding hydrogens is 444 g/mol. The summed E-state index contributed by atoms with van der Waals surface area (Å²) in [6.45, 7) is 6.54. The van der Waals surface area contributed by atoms with Crippen LogP contribution in [0.3, 0.4) is 0 Å². The number of rotatable bonds is 11. The summed E-state index contributed by atoms with van der Waals surface area (Å²) >= 11 is 0. The number of ether oxygens (including phenoxy) is 4. The van der Waals surface area contributed by atoms with Crippen molar-refractivity contribution in [2.75, 3.05) is 26.4 Å². The average Bonchev–Trinajstić information content (AvgIpc) is 2.81. The summed E-state index contributed by atoms with van der Waals surface area (Å²) < 4.78 is 20.5. The van der Waals surface area contributed by atoms with Gasteiger partial charge in [-0.05, 0) is 44.9 Å². The first-order valence-electron chi connectivity index (χ1n) is 11.0. The summed E-state index contributed by atoms with van der Waals surface area (Å²) in [6, 6.07) is 6.09. The minimum Gasteiger partial charge on any atom is -0.465 e. The molecule has 0 aliphatic heterocycles. The number of aromatic nitrogens is 2. The molecule has 0 aliphatic carbocycles. The largest absolute Gasteiger partial charge is 0.465 e. The van der Waals surface area contributed by atoms with Gasteiger partial charge < -0.3 is 18.9 Å². The molecule has 1 aromatic heterocycles. The van der Waals surface area contributed by atoms with E-state index in [1.807, 2.05) is 0 Å². The molecule has 2 aromatic rings. The Balaban J connectivity index is 2.86. The summed E-state index contributed by atoms with van der Waals surface area (Å²) in [5, 5.41) is 0. The zero-order valence-electron chi connectivity index (χ0n) is 19.6. The highest BCUT2D eigenvalue weighted by Crippen LogP contribution is 2.37. The number of carbonyl (C=O) groups is 4. The molecule has 34 heavy (non-hydrogen) atoms. The van der Waals surface area contributed by atoms with E-state index in [0.717, 1.165) is 0 Å². The lowest BCUT2D eigenvalue weighted by Crippen LogP contribution is -2.29. The Bertz CT molecular complexity index is 915. The van der Waals surface area contributed by atoms with Crippen molar-refractivity contribution >= 4 is 23.9 Å². The summed E-state index contributed by atoms with van der Waals surface area (Å²) in [4.78, 5) is 59.9. The van der Waals surface area contributed by atoms with E-state index in [2.05, 4.69) is 9.97 Å². The maximum Gasteiger partial charge on any atom is 0.324 e. The van der Waals surface area contributed by atoms with Gasteiger partial charge in [0.05, 0.1) is 26.4 Å². The summed E-state index contributed by atoms with van der Waals surface area (Å²) in [5.41, 5.74) is 0.388. The molecule has 0 N–H and O–H groups in total. The Labute approximate surface area is 197 Å². The van der Waals surface area contributed by atoms with Crippen molar-refractivity contribution in [1.29, 1.82) is 0 Å². The highest BCUT2D eigenvalue weighted by atomic mass is 16.6. The molecule has 10 nitrogen and oxygen atoms in total. The fraction of sp³-hybridized carbons (Fsp3) is 0.417. The SMILES string of the molecule is CCOC(=O)C(C(=O)OCC)c1cccc(C(C(=O)OCC)C(=O)OCC)c1-c1ncccn1. The second kappa shape index (κ2) is 13.0. The van der Waals surface area contributed by atoms with Gasteiger partial charge in [0, 0.05) is 18.0 Å². The third-order valence-electron chi connectivity index (χ3n) is 4.63. The second-order valence-corrected chi connectivity index (χ2v) is 6.76. The number of nitrogens with zero attached hydrogens (tertiary/aromatic N) is 2. The molecule has 0 amide bonds. The number of carbonyl (C=O) groups excluding carboxylic acids is 4. The zero-order valence-corrected chi connectivity index (χ0v) is 19.6. The van der Waals surface area contributed by atoms with Crippen LogP contribution in [-0.4, -0.2) is 60.3 Å². The Morgan fingerprint density at radius 1 is 0.647 bits per heavy atom. The second-order valence-electron chi connectivity index (χ2n) is 6.76. The van der Waals surface area contributed by atoms with Crippen molar-refractivity contribution in [3.8, 4) is 11.4 Å². The first kappa shape index (κ1) is 26.4. The van der Waals surface area contributed by atoms with Crippen molar-refractivity contribution in [2.45, 2.75) is 39.5 Å². The third-order valence-corrected chi connectivity index (χ3v) is 4.63. The van der Waals surface area contributed by atoms with Crippen molar-refractivity contribution in [3.05, 3.63) is 47.8 Å². The maximum absolute atomic E-state index is 12.9. The van der Waals surface area contributed by atoms with Crippen LogP contribution < -0.4 is 0 Å². The predicted molar refractivity (Wildman–Crippen MR) is 119 cm³/mol. The van der Waals surface area contributed by atoms with Gasteiger partial charge in [-0.2, -0.15) is 0 Å². The first-order chi connectivity index (χ1) is 16.4. The Morgan fingerprint density at radius 2 is 1.00 bits per heavy atom. The highest BCUT2D eigenvalue weighted by Gasteiger charge is 2.39. The van der Waals surface area contributed by atoms with Crippen molar-refractivity contribution < 1.29 is 38.1 Å². The normalized spacial score (nSPS) is 10.6. The van der Waals surface area contributed by atoms with E-state index in [9.17, 15) is 19.2 Å². The number of benzene rings is 1. The van der Waals surface area contributed by atoms with Crippen molar-refractivity contribution in [1.82, 2.24) is 9.97 Å². The van der Waals surface area contributed by atoms with Gasteiger partial charge in [0.25, 0.3) is 0 Å². The Hall–Kier alpha value is -3.82. The van der Waals surface area contributed by atoms with Crippen LogP contribution in [0.1, 0.15) is 50.7 Å². The molecule has 0 radical (unpaired) electrons. The van der Waals surface area contributed by atoms with E-state index in [1.54, 1.807) is 33.8 Å². The van der Waals surface area contributed by atoms with Crippen LogP contribution in [0.25, 0.3) is 11.4 Å². The standard InChI is InChI=1S/C24H28N2O8/c1-5-31-21(27)18(22(28)32-6-2)15-11-9-12-16(17(15)20-25-13-10-14-26-20)19(23(29)33-7-3)24(30)34-8-4/h9-14,18-19H,5-8H2,1-4H3.